The summed E-state index contributed by atoms with van der Waals surface area (Å²) in [4.78, 5) is 24.8. The molecule has 2 aromatic rings. The lowest BCUT2D eigenvalue weighted by Gasteiger charge is -2.19. The van der Waals surface area contributed by atoms with Crippen LogP contribution in [-0.4, -0.2) is 40.1 Å². The van der Waals surface area contributed by atoms with Gasteiger partial charge in [-0.1, -0.05) is 48.5 Å². The van der Waals surface area contributed by atoms with Crippen LogP contribution in [0.25, 0.3) is 0 Å². The molecular weight excluding hydrogens is 354 g/mol. The summed E-state index contributed by atoms with van der Waals surface area (Å²) in [5, 5.41) is 12.6. The van der Waals surface area contributed by atoms with Gasteiger partial charge in [-0.25, -0.2) is 4.79 Å². The SMILES string of the molecule is COC(=O)[C@@H](CC[S@](=O)c1ccccc1)NC(=O)[C@@H](O)c1ccccc1. The maximum atomic E-state index is 12.3. The number of hydrogen-bond acceptors (Lipinski definition) is 5. The molecule has 0 radical (unpaired) electrons. The molecule has 0 spiro atoms. The Morgan fingerprint density at radius 1 is 1.08 bits per heavy atom. The minimum Gasteiger partial charge on any atom is -0.467 e. The monoisotopic (exact) mass is 375 g/mol. The molecule has 0 fully saturated rings. The molecule has 0 aliphatic rings. The highest BCUT2D eigenvalue weighted by Crippen LogP contribution is 2.13. The van der Waals surface area contributed by atoms with Gasteiger partial charge in [0, 0.05) is 10.6 Å². The largest absolute Gasteiger partial charge is 0.467 e. The van der Waals surface area contributed by atoms with Crippen LogP contribution >= 0.6 is 0 Å². The molecule has 0 aliphatic heterocycles. The van der Waals surface area contributed by atoms with E-state index in [1.54, 1.807) is 54.6 Å². The zero-order valence-electron chi connectivity index (χ0n) is 14.3. The number of aliphatic hydroxyl groups is 1. The fourth-order valence-corrected chi connectivity index (χ4v) is 3.49. The van der Waals surface area contributed by atoms with Gasteiger partial charge in [-0.05, 0) is 24.1 Å². The first-order valence-electron chi connectivity index (χ1n) is 8.07. The van der Waals surface area contributed by atoms with Gasteiger partial charge in [-0.3, -0.25) is 9.00 Å². The number of carbonyl (C=O) groups excluding carboxylic acids is 2. The van der Waals surface area contributed by atoms with Crippen LogP contribution in [0.3, 0.4) is 0 Å². The van der Waals surface area contributed by atoms with Crippen LogP contribution < -0.4 is 5.32 Å². The molecule has 3 atom stereocenters. The fourth-order valence-electron chi connectivity index (χ4n) is 2.34. The number of methoxy groups -OCH3 is 1. The third-order valence-corrected chi connectivity index (χ3v) is 5.17. The number of benzene rings is 2. The van der Waals surface area contributed by atoms with Crippen molar-refractivity contribution in [3.63, 3.8) is 0 Å². The van der Waals surface area contributed by atoms with Crippen molar-refractivity contribution in [1.29, 1.82) is 0 Å². The lowest BCUT2D eigenvalue weighted by molar-refractivity contribution is -0.146. The molecule has 0 unspecified atom stereocenters. The Labute approximate surface area is 154 Å². The first-order chi connectivity index (χ1) is 12.5. The van der Waals surface area contributed by atoms with Crippen LogP contribution in [0.5, 0.6) is 0 Å². The normalized spacial score (nSPS) is 14.1. The van der Waals surface area contributed by atoms with Crippen molar-refractivity contribution >= 4 is 22.7 Å². The Balaban J connectivity index is 2.00. The van der Waals surface area contributed by atoms with E-state index in [1.165, 1.54) is 7.11 Å². The third kappa shape index (κ3) is 5.50. The van der Waals surface area contributed by atoms with E-state index in [-0.39, 0.29) is 12.2 Å². The summed E-state index contributed by atoms with van der Waals surface area (Å²) in [5.74, 6) is -1.19. The molecule has 0 saturated carbocycles. The smallest absolute Gasteiger partial charge is 0.328 e. The molecule has 2 N–H and O–H groups in total. The van der Waals surface area contributed by atoms with Gasteiger partial charge in [-0.15, -0.1) is 0 Å². The minimum atomic E-state index is -1.40. The molecule has 0 bridgehead atoms. The van der Waals surface area contributed by atoms with Crippen LogP contribution in [0.2, 0.25) is 0 Å². The van der Waals surface area contributed by atoms with E-state index in [9.17, 15) is 18.9 Å². The second-order valence-corrected chi connectivity index (χ2v) is 7.12. The summed E-state index contributed by atoms with van der Waals surface area (Å²) < 4.78 is 17.0. The van der Waals surface area contributed by atoms with E-state index in [0.717, 1.165) is 0 Å². The van der Waals surface area contributed by atoms with Crippen molar-refractivity contribution in [3.05, 3.63) is 66.2 Å². The van der Waals surface area contributed by atoms with Gasteiger partial charge in [-0.2, -0.15) is 0 Å². The van der Waals surface area contributed by atoms with Crippen molar-refractivity contribution in [3.8, 4) is 0 Å². The van der Waals surface area contributed by atoms with Gasteiger partial charge in [0.15, 0.2) is 6.10 Å². The van der Waals surface area contributed by atoms with Crippen molar-refractivity contribution < 1.29 is 23.6 Å². The average Bonchev–Trinajstić information content (AvgIpc) is 2.70. The van der Waals surface area contributed by atoms with E-state index >= 15 is 0 Å². The lowest BCUT2D eigenvalue weighted by Crippen LogP contribution is -2.44. The zero-order chi connectivity index (χ0) is 18.9. The molecule has 1 amide bonds. The predicted molar refractivity (Wildman–Crippen MR) is 97.7 cm³/mol. The summed E-state index contributed by atoms with van der Waals surface area (Å²) in [6.07, 6.45) is -1.27. The Bertz CT molecular complexity index is 751. The van der Waals surface area contributed by atoms with E-state index in [4.69, 9.17) is 4.74 Å². The van der Waals surface area contributed by atoms with Gasteiger partial charge >= 0.3 is 5.97 Å². The zero-order valence-corrected chi connectivity index (χ0v) is 15.1. The number of amides is 1. The highest BCUT2D eigenvalue weighted by molar-refractivity contribution is 7.85. The number of nitrogens with one attached hydrogen (secondary N) is 1. The van der Waals surface area contributed by atoms with Gasteiger partial charge in [0.25, 0.3) is 5.91 Å². The van der Waals surface area contributed by atoms with Crippen molar-refractivity contribution in [2.24, 2.45) is 0 Å². The molecule has 26 heavy (non-hydrogen) atoms. The fraction of sp³-hybridized carbons (Fsp3) is 0.263. The summed E-state index contributed by atoms with van der Waals surface area (Å²) >= 11 is 0. The van der Waals surface area contributed by atoms with Gasteiger partial charge in [0.2, 0.25) is 0 Å². The minimum absolute atomic E-state index is 0.126. The van der Waals surface area contributed by atoms with Crippen LogP contribution in [0.15, 0.2) is 65.6 Å². The van der Waals surface area contributed by atoms with Crippen LogP contribution in [0, 0.1) is 0 Å². The molecule has 6 nitrogen and oxygen atoms in total. The lowest BCUT2D eigenvalue weighted by atomic mass is 10.1. The second-order valence-electron chi connectivity index (χ2n) is 5.55. The van der Waals surface area contributed by atoms with Crippen molar-refractivity contribution in [1.82, 2.24) is 5.32 Å². The second kappa shape index (κ2) is 9.84. The Hall–Kier alpha value is -2.51. The number of esters is 1. The van der Waals surface area contributed by atoms with Crippen molar-refractivity contribution in [2.45, 2.75) is 23.5 Å². The average molecular weight is 375 g/mol. The molecule has 0 saturated heterocycles. The molecule has 138 valence electrons. The highest BCUT2D eigenvalue weighted by atomic mass is 32.2. The van der Waals surface area contributed by atoms with Gasteiger partial charge < -0.3 is 15.2 Å². The number of hydrogen-bond donors (Lipinski definition) is 2. The van der Waals surface area contributed by atoms with Crippen LogP contribution in [0.1, 0.15) is 18.1 Å². The molecule has 0 aromatic heterocycles. The Morgan fingerprint density at radius 3 is 2.23 bits per heavy atom. The number of carbonyl (C=O) groups is 2. The van der Waals surface area contributed by atoms with E-state index < -0.39 is 34.8 Å². The maximum absolute atomic E-state index is 12.3. The van der Waals surface area contributed by atoms with Gasteiger partial charge in [0.05, 0.1) is 17.9 Å². The first kappa shape index (κ1) is 19.8. The van der Waals surface area contributed by atoms with E-state index in [0.29, 0.717) is 10.5 Å². The first-order valence-corrected chi connectivity index (χ1v) is 9.39. The Morgan fingerprint density at radius 2 is 1.65 bits per heavy atom. The topological polar surface area (TPSA) is 92.7 Å². The van der Waals surface area contributed by atoms with E-state index in [2.05, 4.69) is 5.32 Å². The summed E-state index contributed by atoms with van der Waals surface area (Å²) in [5.41, 5.74) is 0.418. The number of ether oxygens (including phenoxy) is 1. The molecule has 0 aliphatic carbocycles. The third-order valence-electron chi connectivity index (χ3n) is 3.76. The Kier molecular flexibility index (Phi) is 7.50. The van der Waals surface area contributed by atoms with E-state index in [1.807, 2.05) is 6.07 Å². The standard InChI is InChI=1S/C19H21NO5S/c1-25-19(23)16(12-13-26(24)15-10-6-3-7-11-15)20-18(22)17(21)14-8-4-2-5-9-14/h2-11,16-17,21H,12-13H2,1H3,(H,20,22)/t16-,17+,26+/m1/s1. The summed E-state index contributed by atoms with van der Waals surface area (Å²) in [6.45, 7) is 0. The molecule has 2 rings (SSSR count). The quantitative estimate of drug-likeness (QED) is 0.684. The number of aliphatic hydroxyl groups excluding tert-OH is 1. The highest BCUT2D eigenvalue weighted by Gasteiger charge is 2.26. The summed E-state index contributed by atoms with van der Waals surface area (Å²) in [7, 11) is -0.0940. The number of rotatable bonds is 8. The molecule has 2 aromatic carbocycles. The van der Waals surface area contributed by atoms with Crippen molar-refractivity contribution in [2.75, 3.05) is 12.9 Å². The van der Waals surface area contributed by atoms with Gasteiger partial charge in [0.1, 0.15) is 6.04 Å². The predicted octanol–water partition coefficient (Wildman–Crippen LogP) is 1.58. The van der Waals surface area contributed by atoms with Crippen LogP contribution in [-0.2, 0) is 25.1 Å². The molecule has 7 heteroatoms. The summed E-state index contributed by atoms with van der Waals surface area (Å²) in [6, 6.07) is 16.3. The maximum Gasteiger partial charge on any atom is 0.328 e. The molecule has 0 heterocycles. The molecular formula is C19H21NO5S. The van der Waals surface area contributed by atoms with Crippen LogP contribution in [0.4, 0.5) is 0 Å².